The van der Waals surface area contributed by atoms with Gasteiger partial charge in [-0.3, -0.25) is 14.8 Å². The number of fused-ring (bicyclic) bond motifs is 2. The van der Waals surface area contributed by atoms with Gasteiger partial charge in [-0.05, 0) is 43.2 Å². The number of para-hydroxylation sites is 1. The quantitative estimate of drug-likeness (QED) is 0.335. The third-order valence-corrected chi connectivity index (χ3v) is 7.26. The van der Waals surface area contributed by atoms with Crippen LogP contribution < -0.4 is 15.0 Å². The van der Waals surface area contributed by atoms with Crippen molar-refractivity contribution in [3.8, 4) is 17.0 Å². The zero-order valence-electron chi connectivity index (χ0n) is 19.5. The van der Waals surface area contributed by atoms with Gasteiger partial charge in [-0.2, -0.15) is 0 Å². The highest BCUT2D eigenvalue weighted by molar-refractivity contribution is 6.35. The Bertz CT molecular complexity index is 1450. The van der Waals surface area contributed by atoms with Crippen molar-refractivity contribution in [2.75, 3.05) is 24.6 Å². The van der Waals surface area contributed by atoms with Gasteiger partial charge in [0.15, 0.2) is 0 Å². The van der Waals surface area contributed by atoms with Crippen LogP contribution in [0.2, 0.25) is 10.0 Å². The van der Waals surface area contributed by atoms with Crippen LogP contribution in [0.3, 0.4) is 0 Å². The molecule has 6 nitrogen and oxygen atoms in total. The number of carbonyl (C=O) groups excluding carboxylic acids is 1. The maximum absolute atomic E-state index is 13.7. The van der Waals surface area contributed by atoms with Crippen molar-refractivity contribution in [3.63, 3.8) is 0 Å². The number of halogens is 2. The third kappa shape index (κ3) is 4.25. The number of nitrogens with zero attached hydrogens (tertiary/aromatic N) is 3. The first-order valence-corrected chi connectivity index (χ1v) is 12.9. The predicted octanol–water partition coefficient (Wildman–Crippen LogP) is 6.46. The second kappa shape index (κ2) is 9.60. The minimum Gasteiger partial charge on any atom is -0.493 e. The molecule has 182 valence electrons. The Kier molecular flexibility index (Phi) is 6.15. The summed E-state index contributed by atoms with van der Waals surface area (Å²) in [6.07, 6.45) is 6.31. The van der Waals surface area contributed by atoms with Gasteiger partial charge in [0.2, 0.25) is 0 Å². The molecule has 6 rings (SSSR count). The number of hydrogen-bond acceptors (Lipinski definition) is 5. The van der Waals surface area contributed by atoms with Crippen LogP contribution in [0, 0.1) is 0 Å². The molecule has 0 aliphatic carbocycles. The molecule has 1 atom stereocenters. The summed E-state index contributed by atoms with van der Waals surface area (Å²) < 4.78 is 5.78. The van der Waals surface area contributed by atoms with Crippen molar-refractivity contribution in [1.29, 1.82) is 0 Å². The molecule has 2 aromatic carbocycles. The molecule has 0 unspecified atom stereocenters. The summed E-state index contributed by atoms with van der Waals surface area (Å²) >= 11 is 12.6. The fourth-order valence-corrected chi connectivity index (χ4v) is 5.71. The highest BCUT2D eigenvalue weighted by Crippen LogP contribution is 2.38. The smallest absolute Gasteiger partial charge is 0.255 e. The van der Waals surface area contributed by atoms with Crippen LogP contribution in [0.5, 0.6) is 5.75 Å². The third-order valence-electron chi connectivity index (χ3n) is 6.82. The molecular weight excluding hydrogens is 495 g/mol. The van der Waals surface area contributed by atoms with Gasteiger partial charge in [-0.25, -0.2) is 0 Å². The van der Waals surface area contributed by atoms with Gasteiger partial charge in [-0.15, -0.1) is 0 Å². The van der Waals surface area contributed by atoms with Gasteiger partial charge < -0.3 is 15.0 Å². The van der Waals surface area contributed by atoms with Crippen molar-refractivity contribution in [1.82, 2.24) is 15.3 Å². The first kappa shape index (κ1) is 23.1. The van der Waals surface area contributed by atoms with E-state index in [-0.39, 0.29) is 11.9 Å². The van der Waals surface area contributed by atoms with E-state index in [0.717, 1.165) is 53.9 Å². The molecular formula is C28H24Cl2N4O2. The van der Waals surface area contributed by atoms with Crippen molar-refractivity contribution in [3.05, 3.63) is 82.1 Å². The number of hydrogen-bond donors (Lipinski definition) is 1. The lowest BCUT2D eigenvalue weighted by Gasteiger charge is -2.28. The second-order valence-electron chi connectivity index (χ2n) is 9.13. The van der Waals surface area contributed by atoms with E-state index in [1.54, 1.807) is 18.5 Å². The number of nitrogens with one attached hydrogen (secondary N) is 1. The van der Waals surface area contributed by atoms with Crippen LogP contribution in [0.4, 0.5) is 5.69 Å². The highest BCUT2D eigenvalue weighted by Gasteiger charge is 2.28. The summed E-state index contributed by atoms with van der Waals surface area (Å²) in [5.74, 6) is 0.679. The van der Waals surface area contributed by atoms with Crippen LogP contribution in [0.1, 0.15) is 41.2 Å². The zero-order valence-corrected chi connectivity index (χ0v) is 21.0. The predicted molar refractivity (Wildman–Crippen MR) is 143 cm³/mol. The summed E-state index contributed by atoms with van der Waals surface area (Å²) in [5.41, 5.74) is 4.64. The number of amides is 1. The zero-order chi connectivity index (χ0) is 24.6. The van der Waals surface area contributed by atoms with E-state index in [4.69, 9.17) is 32.9 Å². The average molecular weight is 519 g/mol. The van der Waals surface area contributed by atoms with E-state index in [0.29, 0.717) is 39.8 Å². The van der Waals surface area contributed by atoms with Crippen molar-refractivity contribution < 1.29 is 9.53 Å². The van der Waals surface area contributed by atoms with E-state index in [1.807, 2.05) is 42.5 Å². The Morgan fingerprint density at radius 1 is 1.03 bits per heavy atom. The Balaban J connectivity index is 1.45. The number of benzene rings is 2. The number of rotatable bonds is 4. The Morgan fingerprint density at radius 3 is 2.61 bits per heavy atom. The van der Waals surface area contributed by atoms with Gasteiger partial charge in [0.25, 0.3) is 5.91 Å². The molecule has 1 saturated heterocycles. The molecule has 2 aliphatic rings. The van der Waals surface area contributed by atoms with Crippen LogP contribution in [-0.2, 0) is 0 Å². The van der Waals surface area contributed by atoms with Crippen molar-refractivity contribution in [2.45, 2.75) is 25.3 Å². The van der Waals surface area contributed by atoms with Crippen molar-refractivity contribution in [2.24, 2.45) is 0 Å². The van der Waals surface area contributed by atoms with Gasteiger partial charge in [0.05, 0.1) is 35.1 Å². The number of ether oxygens (including phenoxy) is 1. The SMILES string of the molecule is O=C(N[C@H]1CCOc2ccccc21)c1cnc2c(-c3cc(Cl)cc(Cl)c3)nccc2c1N1CCCC1. The fourth-order valence-electron chi connectivity index (χ4n) is 5.19. The van der Waals surface area contributed by atoms with Gasteiger partial charge in [0, 0.05) is 58.5 Å². The van der Waals surface area contributed by atoms with Crippen LogP contribution >= 0.6 is 23.2 Å². The molecule has 0 spiro atoms. The summed E-state index contributed by atoms with van der Waals surface area (Å²) in [5, 5.41) is 5.19. The summed E-state index contributed by atoms with van der Waals surface area (Å²) in [7, 11) is 0. The van der Waals surface area contributed by atoms with Crippen LogP contribution in [-0.4, -0.2) is 35.6 Å². The van der Waals surface area contributed by atoms with Gasteiger partial charge in [0.1, 0.15) is 5.75 Å². The topological polar surface area (TPSA) is 67.3 Å². The maximum Gasteiger partial charge on any atom is 0.255 e. The van der Waals surface area contributed by atoms with E-state index in [9.17, 15) is 4.79 Å². The molecule has 1 amide bonds. The van der Waals surface area contributed by atoms with E-state index in [2.05, 4.69) is 15.2 Å². The van der Waals surface area contributed by atoms with Gasteiger partial charge >= 0.3 is 0 Å². The van der Waals surface area contributed by atoms with Crippen LogP contribution in [0.25, 0.3) is 22.2 Å². The molecule has 2 aliphatic heterocycles. The van der Waals surface area contributed by atoms with E-state index >= 15 is 0 Å². The largest absolute Gasteiger partial charge is 0.493 e. The number of aromatic nitrogens is 2. The standard InChI is InChI=1S/C28H24Cl2N4O2/c29-18-13-17(14-19(30)15-18)25-26-21(7-9-31-25)27(34-10-3-4-11-34)22(16-32-26)28(35)33-23-8-12-36-24-6-2-1-5-20(23)24/h1-2,5-7,9,13-16,23H,3-4,8,10-12H2,(H,33,35)/t23-/m0/s1. The van der Waals surface area contributed by atoms with E-state index < -0.39 is 0 Å². The molecule has 4 aromatic rings. The van der Waals surface area contributed by atoms with Crippen LogP contribution in [0.15, 0.2) is 60.9 Å². The van der Waals surface area contributed by atoms with E-state index in [1.165, 1.54) is 0 Å². The fraction of sp³-hybridized carbons (Fsp3) is 0.250. The molecule has 1 fully saturated rings. The van der Waals surface area contributed by atoms with Crippen molar-refractivity contribution >= 4 is 45.7 Å². The Hall–Kier alpha value is -3.35. The molecule has 0 radical (unpaired) electrons. The molecule has 1 N–H and O–H groups in total. The van der Waals surface area contributed by atoms with Gasteiger partial charge in [-0.1, -0.05) is 41.4 Å². The second-order valence-corrected chi connectivity index (χ2v) is 10.0. The highest BCUT2D eigenvalue weighted by atomic mass is 35.5. The summed E-state index contributed by atoms with van der Waals surface area (Å²) in [6, 6.07) is 15.0. The molecule has 36 heavy (non-hydrogen) atoms. The lowest BCUT2D eigenvalue weighted by molar-refractivity contribution is 0.0925. The Labute approximate surface area is 219 Å². The number of pyridine rings is 2. The maximum atomic E-state index is 13.7. The average Bonchev–Trinajstić information content (AvgIpc) is 3.42. The minimum atomic E-state index is -0.142. The normalized spacial score (nSPS) is 17.1. The molecule has 4 heterocycles. The summed E-state index contributed by atoms with van der Waals surface area (Å²) in [4.78, 5) is 25.4. The molecule has 2 aromatic heterocycles. The monoisotopic (exact) mass is 518 g/mol. The first-order valence-electron chi connectivity index (χ1n) is 12.1. The lowest BCUT2D eigenvalue weighted by Crippen LogP contribution is -2.33. The Morgan fingerprint density at radius 2 is 1.81 bits per heavy atom. The first-order chi connectivity index (χ1) is 17.6. The number of carbonyl (C=O) groups is 1. The number of anilines is 1. The molecule has 0 saturated carbocycles. The lowest BCUT2D eigenvalue weighted by atomic mass is 9.99. The summed E-state index contributed by atoms with van der Waals surface area (Å²) in [6.45, 7) is 2.34. The molecule has 0 bridgehead atoms. The molecule has 8 heteroatoms. The minimum absolute atomic E-state index is 0.119.